The summed E-state index contributed by atoms with van der Waals surface area (Å²) in [7, 11) is -3.89. The molecular weight excluding hydrogens is 390 g/mol. The highest BCUT2D eigenvalue weighted by Gasteiger charge is 2.23. The second kappa shape index (κ2) is 9.01. The molecule has 9 heteroatoms. The van der Waals surface area contributed by atoms with Crippen LogP contribution in [-0.4, -0.2) is 39.8 Å². The first-order chi connectivity index (χ1) is 13.1. The van der Waals surface area contributed by atoms with Crippen LogP contribution in [0.5, 0.6) is 5.75 Å². The summed E-state index contributed by atoms with van der Waals surface area (Å²) in [5.74, 6) is -2.23. The van der Waals surface area contributed by atoms with Gasteiger partial charge in [0.15, 0.2) is 11.6 Å². The summed E-state index contributed by atoms with van der Waals surface area (Å²) in [6, 6.07) is 9.63. The van der Waals surface area contributed by atoms with Crippen LogP contribution in [0, 0.1) is 18.6 Å². The van der Waals surface area contributed by atoms with Crippen LogP contribution in [0.15, 0.2) is 42.5 Å². The van der Waals surface area contributed by atoms with Gasteiger partial charge in [-0.3, -0.25) is 9.10 Å². The van der Waals surface area contributed by atoms with Crippen molar-refractivity contribution in [2.45, 2.75) is 19.9 Å². The second-order valence-corrected chi connectivity index (χ2v) is 8.32. The summed E-state index contributed by atoms with van der Waals surface area (Å²) in [6.07, 6.45) is 0.881. The van der Waals surface area contributed by atoms with Gasteiger partial charge < -0.3 is 10.1 Å². The van der Waals surface area contributed by atoms with E-state index in [2.05, 4.69) is 5.32 Å². The fraction of sp³-hybridized carbons (Fsp3) is 0.316. The molecule has 6 nitrogen and oxygen atoms in total. The van der Waals surface area contributed by atoms with Gasteiger partial charge in [-0.05, 0) is 37.6 Å². The summed E-state index contributed by atoms with van der Waals surface area (Å²) in [4.78, 5) is 12.3. The van der Waals surface area contributed by atoms with Gasteiger partial charge in [0.2, 0.25) is 15.9 Å². The first kappa shape index (κ1) is 21.6. The number of amides is 1. The zero-order valence-corrected chi connectivity index (χ0v) is 16.6. The number of carbonyl (C=O) groups is 1. The third kappa shape index (κ3) is 5.91. The maximum absolute atomic E-state index is 13.5. The van der Waals surface area contributed by atoms with Crippen LogP contribution < -0.4 is 14.4 Å². The number of ether oxygens (including phenoxy) is 1. The molecule has 0 fully saturated rings. The predicted octanol–water partition coefficient (Wildman–Crippen LogP) is 2.62. The number of carbonyl (C=O) groups excluding carboxylic acids is 1. The molecule has 0 saturated carbocycles. The monoisotopic (exact) mass is 412 g/mol. The molecular formula is C19H22F2N2O4S. The molecule has 1 amide bonds. The van der Waals surface area contributed by atoms with E-state index in [1.54, 1.807) is 13.0 Å². The Labute approximate surface area is 163 Å². The Morgan fingerprint density at radius 1 is 1.18 bits per heavy atom. The lowest BCUT2D eigenvalue weighted by Gasteiger charge is -2.23. The van der Waals surface area contributed by atoms with Crippen LogP contribution >= 0.6 is 0 Å². The van der Waals surface area contributed by atoms with Gasteiger partial charge in [-0.15, -0.1) is 0 Å². The molecule has 1 N–H and O–H groups in total. The van der Waals surface area contributed by atoms with Crippen molar-refractivity contribution in [2.75, 3.05) is 23.7 Å². The molecule has 2 rings (SSSR count). The lowest BCUT2D eigenvalue weighted by Crippen LogP contribution is -2.45. The van der Waals surface area contributed by atoms with Gasteiger partial charge in [-0.2, -0.15) is 0 Å². The molecule has 0 aliphatic carbocycles. The van der Waals surface area contributed by atoms with Crippen LogP contribution in [0.2, 0.25) is 0 Å². The molecule has 0 aromatic heterocycles. The Morgan fingerprint density at radius 3 is 2.46 bits per heavy atom. The first-order valence-electron chi connectivity index (χ1n) is 8.48. The van der Waals surface area contributed by atoms with E-state index in [9.17, 15) is 22.0 Å². The molecule has 0 bridgehead atoms. The number of aryl methyl sites for hydroxylation is 1. The first-order valence-corrected chi connectivity index (χ1v) is 10.3. The van der Waals surface area contributed by atoms with Crippen LogP contribution in [0.3, 0.4) is 0 Å². The molecule has 0 aliphatic heterocycles. The zero-order valence-electron chi connectivity index (χ0n) is 15.8. The molecule has 1 atom stereocenters. The molecule has 0 unspecified atom stereocenters. The number of sulfonamides is 1. The minimum atomic E-state index is -3.89. The molecule has 0 heterocycles. The highest BCUT2D eigenvalue weighted by atomic mass is 32.2. The van der Waals surface area contributed by atoms with Gasteiger partial charge in [0, 0.05) is 6.07 Å². The fourth-order valence-corrected chi connectivity index (χ4v) is 3.31. The maximum atomic E-state index is 13.5. The van der Waals surface area contributed by atoms with Gasteiger partial charge in [-0.1, -0.05) is 18.2 Å². The van der Waals surface area contributed by atoms with E-state index in [0.29, 0.717) is 10.1 Å². The number of hydrogen-bond donors (Lipinski definition) is 1. The van der Waals surface area contributed by atoms with Gasteiger partial charge in [0.05, 0.1) is 18.0 Å². The molecule has 28 heavy (non-hydrogen) atoms. The molecule has 152 valence electrons. The SMILES string of the molecule is Cc1ccccc1OC[C@@H](C)NC(=O)CN(c1ccc(F)c(F)c1)S(C)(=O)=O. The van der Waals surface area contributed by atoms with E-state index in [1.165, 1.54) is 0 Å². The fourth-order valence-electron chi connectivity index (χ4n) is 2.47. The summed E-state index contributed by atoms with van der Waals surface area (Å²) in [5, 5.41) is 2.63. The van der Waals surface area contributed by atoms with E-state index in [4.69, 9.17) is 4.74 Å². The number of anilines is 1. The number of benzene rings is 2. The minimum Gasteiger partial charge on any atom is -0.491 e. The predicted molar refractivity (Wildman–Crippen MR) is 103 cm³/mol. The third-order valence-corrected chi connectivity index (χ3v) is 5.01. The summed E-state index contributed by atoms with van der Waals surface area (Å²) >= 11 is 0. The zero-order chi connectivity index (χ0) is 20.9. The van der Waals surface area contributed by atoms with Crippen LogP contribution in [0.25, 0.3) is 0 Å². The Balaban J connectivity index is 2.01. The molecule has 0 saturated heterocycles. The van der Waals surface area contributed by atoms with E-state index < -0.39 is 40.2 Å². The Kier molecular flexibility index (Phi) is 6.95. The highest BCUT2D eigenvalue weighted by Crippen LogP contribution is 2.20. The molecule has 2 aromatic carbocycles. The lowest BCUT2D eigenvalue weighted by molar-refractivity contribution is -0.120. The molecule has 0 radical (unpaired) electrons. The van der Waals surface area contributed by atoms with Crippen molar-refractivity contribution in [3.63, 3.8) is 0 Å². The van der Waals surface area contributed by atoms with Crippen molar-refractivity contribution in [3.05, 3.63) is 59.7 Å². The van der Waals surface area contributed by atoms with E-state index in [-0.39, 0.29) is 12.3 Å². The smallest absolute Gasteiger partial charge is 0.241 e. The Morgan fingerprint density at radius 2 is 1.86 bits per heavy atom. The standard InChI is InChI=1S/C19H22F2N2O4S/c1-13-6-4-5-7-18(13)27-12-14(2)22-19(24)11-23(28(3,25)26)15-8-9-16(20)17(21)10-15/h4-10,14H,11-12H2,1-3H3,(H,22,24)/t14-/m1/s1. The highest BCUT2D eigenvalue weighted by molar-refractivity contribution is 7.92. The third-order valence-electron chi connectivity index (χ3n) is 3.87. The normalized spacial score (nSPS) is 12.3. The van der Waals surface area contributed by atoms with Crippen molar-refractivity contribution in [1.29, 1.82) is 0 Å². The van der Waals surface area contributed by atoms with Gasteiger partial charge >= 0.3 is 0 Å². The number of hydrogen-bond acceptors (Lipinski definition) is 4. The lowest BCUT2D eigenvalue weighted by atomic mass is 10.2. The van der Waals surface area contributed by atoms with Crippen molar-refractivity contribution < 1.29 is 26.7 Å². The quantitative estimate of drug-likeness (QED) is 0.723. The van der Waals surface area contributed by atoms with Crippen molar-refractivity contribution in [2.24, 2.45) is 0 Å². The number of rotatable bonds is 8. The number of nitrogens with one attached hydrogen (secondary N) is 1. The van der Waals surface area contributed by atoms with Gasteiger partial charge in [0.25, 0.3) is 0 Å². The number of nitrogens with zero attached hydrogens (tertiary/aromatic N) is 1. The van der Waals surface area contributed by atoms with Gasteiger partial charge in [-0.25, -0.2) is 17.2 Å². The van der Waals surface area contributed by atoms with E-state index in [1.807, 2.05) is 25.1 Å². The van der Waals surface area contributed by atoms with Crippen molar-refractivity contribution in [1.82, 2.24) is 5.32 Å². The average Bonchev–Trinajstić information content (AvgIpc) is 2.60. The van der Waals surface area contributed by atoms with E-state index in [0.717, 1.165) is 30.0 Å². The Hall–Kier alpha value is -2.68. The van der Waals surface area contributed by atoms with Crippen molar-refractivity contribution >= 4 is 21.6 Å². The second-order valence-electron chi connectivity index (χ2n) is 6.41. The van der Waals surface area contributed by atoms with Crippen LogP contribution in [-0.2, 0) is 14.8 Å². The largest absolute Gasteiger partial charge is 0.491 e. The van der Waals surface area contributed by atoms with Crippen LogP contribution in [0.4, 0.5) is 14.5 Å². The number of para-hydroxylation sites is 1. The van der Waals surface area contributed by atoms with Crippen LogP contribution in [0.1, 0.15) is 12.5 Å². The molecule has 0 spiro atoms. The van der Waals surface area contributed by atoms with Crippen molar-refractivity contribution in [3.8, 4) is 5.75 Å². The summed E-state index contributed by atoms with van der Waals surface area (Å²) < 4.78 is 56.9. The Bertz CT molecular complexity index is 951. The average molecular weight is 412 g/mol. The minimum absolute atomic E-state index is 0.139. The molecule has 2 aromatic rings. The maximum Gasteiger partial charge on any atom is 0.241 e. The summed E-state index contributed by atoms with van der Waals surface area (Å²) in [5.41, 5.74) is 0.808. The van der Waals surface area contributed by atoms with Gasteiger partial charge in [0.1, 0.15) is 18.9 Å². The summed E-state index contributed by atoms with van der Waals surface area (Å²) in [6.45, 7) is 3.21. The van der Waals surface area contributed by atoms with E-state index >= 15 is 0 Å². The topological polar surface area (TPSA) is 75.7 Å². The number of halogens is 2. The molecule has 0 aliphatic rings.